The average Bonchev–Trinajstić information content (AvgIpc) is 2.81. The Kier molecular flexibility index (Phi) is 4.75. The summed E-state index contributed by atoms with van der Waals surface area (Å²) in [6.07, 6.45) is 5.59. The number of hydrogen-bond acceptors (Lipinski definition) is 3. The summed E-state index contributed by atoms with van der Waals surface area (Å²) in [7, 11) is 2.05. The van der Waals surface area contributed by atoms with E-state index >= 15 is 0 Å². The molecule has 0 spiro atoms. The van der Waals surface area contributed by atoms with Crippen LogP contribution >= 0.6 is 11.8 Å². The van der Waals surface area contributed by atoms with E-state index in [-0.39, 0.29) is 0 Å². The lowest BCUT2D eigenvalue weighted by atomic mass is 10.0. The van der Waals surface area contributed by atoms with E-state index in [4.69, 9.17) is 4.74 Å². The third-order valence-electron chi connectivity index (χ3n) is 3.31. The van der Waals surface area contributed by atoms with Crippen molar-refractivity contribution in [3.8, 4) is 5.75 Å². The molecule has 94 valence electrons. The molecule has 0 bridgehead atoms. The molecule has 2 rings (SSSR count). The van der Waals surface area contributed by atoms with Crippen molar-refractivity contribution in [3.63, 3.8) is 0 Å². The molecule has 1 N–H and O–H groups in total. The lowest BCUT2D eigenvalue weighted by Gasteiger charge is -2.14. The van der Waals surface area contributed by atoms with Crippen molar-refractivity contribution in [1.29, 1.82) is 0 Å². The van der Waals surface area contributed by atoms with Crippen LogP contribution in [-0.4, -0.2) is 31.7 Å². The van der Waals surface area contributed by atoms with Gasteiger partial charge in [-0.25, -0.2) is 0 Å². The molecule has 0 radical (unpaired) electrons. The molecule has 1 heterocycles. The third kappa shape index (κ3) is 3.39. The number of nitrogens with one attached hydrogen (secondary N) is 1. The van der Waals surface area contributed by atoms with Gasteiger partial charge in [0.25, 0.3) is 0 Å². The maximum Gasteiger partial charge on any atom is 0.122 e. The van der Waals surface area contributed by atoms with Crippen molar-refractivity contribution in [2.75, 3.05) is 25.7 Å². The Morgan fingerprint density at radius 1 is 1.47 bits per heavy atom. The summed E-state index contributed by atoms with van der Waals surface area (Å²) in [4.78, 5) is 0. The quantitative estimate of drug-likeness (QED) is 0.839. The summed E-state index contributed by atoms with van der Waals surface area (Å²) in [5.74, 6) is 2.27. The molecule has 0 aliphatic carbocycles. The van der Waals surface area contributed by atoms with Crippen molar-refractivity contribution in [2.24, 2.45) is 0 Å². The second kappa shape index (κ2) is 6.31. The normalized spacial score (nSPS) is 15.4. The topological polar surface area (TPSA) is 21.3 Å². The zero-order valence-corrected chi connectivity index (χ0v) is 11.5. The van der Waals surface area contributed by atoms with Gasteiger partial charge in [0.15, 0.2) is 0 Å². The third-order valence-corrected chi connectivity index (χ3v) is 4.05. The van der Waals surface area contributed by atoms with Crippen molar-refractivity contribution >= 4 is 11.8 Å². The van der Waals surface area contributed by atoms with Gasteiger partial charge in [-0.05, 0) is 43.3 Å². The lowest BCUT2D eigenvalue weighted by molar-refractivity contribution is 0.357. The molecule has 0 aromatic heterocycles. The number of rotatable bonds is 6. The predicted octanol–water partition coefficient (Wildman–Crippen LogP) is 2.51. The van der Waals surface area contributed by atoms with Crippen LogP contribution in [0.4, 0.5) is 0 Å². The van der Waals surface area contributed by atoms with Gasteiger partial charge in [0, 0.05) is 18.2 Å². The lowest BCUT2D eigenvalue weighted by Crippen LogP contribution is -2.28. The minimum absolute atomic E-state index is 0.620. The van der Waals surface area contributed by atoms with Gasteiger partial charge in [0.05, 0.1) is 6.61 Å². The fourth-order valence-electron chi connectivity index (χ4n) is 2.25. The van der Waals surface area contributed by atoms with Crippen LogP contribution in [-0.2, 0) is 12.8 Å². The first-order valence-corrected chi connectivity index (χ1v) is 7.63. The van der Waals surface area contributed by atoms with Gasteiger partial charge in [-0.1, -0.05) is 12.1 Å². The van der Waals surface area contributed by atoms with Gasteiger partial charge in [0.1, 0.15) is 5.75 Å². The molecule has 1 aliphatic rings. The second-order valence-corrected chi connectivity index (χ2v) is 5.43. The molecule has 1 aromatic rings. The van der Waals surface area contributed by atoms with E-state index in [2.05, 4.69) is 36.8 Å². The number of aryl methyl sites for hydroxylation is 1. The molecule has 2 nitrogen and oxygen atoms in total. The molecule has 0 amide bonds. The monoisotopic (exact) mass is 251 g/mol. The van der Waals surface area contributed by atoms with Gasteiger partial charge < -0.3 is 10.1 Å². The van der Waals surface area contributed by atoms with Crippen molar-refractivity contribution in [1.82, 2.24) is 5.32 Å². The molecular formula is C14H21NOS. The highest BCUT2D eigenvalue weighted by molar-refractivity contribution is 7.98. The van der Waals surface area contributed by atoms with E-state index in [1.165, 1.54) is 23.3 Å². The SMILES string of the molecule is CNC(CCc1ccc2c(c1)CCO2)CSC. The Hall–Kier alpha value is -0.670. The van der Waals surface area contributed by atoms with Crippen molar-refractivity contribution in [2.45, 2.75) is 25.3 Å². The molecule has 0 saturated heterocycles. The average molecular weight is 251 g/mol. The maximum atomic E-state index is 5.52. The molecular weight excluding hydrogens is 230 g/mol. The van der Waals surface area contributed by atoms with Crippen LogP contribution in [0.5, 0.6) is 5.75 Å². The number of fused-ring (bicyclic) bond motifs is 1. The van der Waals surface area contributed by atoms with Gasteiger partial charge in [-0.2, -0.15) is 11.8 Å². The summed E-state index contributed by atoms with van der Waals surface area (Å²) in [5, 5.41) is 3.38. The molecule has 1 aromatic carbocycles. The summed E-state index contributed by atoms with van der Waals surface area (Å²) in [6, 6.07) is 7.26. The largest absolute Gasteiger partial charge is 0.493 e. The van der Waals surface area contributed by atoms with Gasteiger partial charge in [-0.3, -0.25) is 0 Å². The summed E-state index contributed by atoms with van der Waals surface area (Å²) in [6.45, 7) is 0.852. The molecule has 3 heteroatoms. The van der Waals surface area contributed by atoms with Crippen LogP contribution in [0.15, 0.2) is 18.2 Å². The number of thioether (sulfide) groups is 1. The maximum absolute atomic E-state index is 5.52. The first kappa shape index (κ1) is 12.8. The van der Waals surface area contributed by atoms with E-state index in [1.807, 2.05) is 11.8 Å². The van der Waals surface area contributed by atoms with E-state index in [0.717, 1.165) is 25.2 Å². The van der Waals surface area contributed by atoms with Crippen molar-refractivity contribution in [3.05, 3.63) is 29.3 Å². The Morgan fingerprint density at radius 3 is 3.12 bits per heavy atom. The van der Waals surface area contributed by atoms with Crippen LogP contribution in [0.25, 0.3) is 0 Å². The van der Waals surface area contributed by atoms with E-state index in [0.29, 0.717) is 6.04 Å². The molecule has 0 saturated carbocycles. The zero-order chi connectivity index (χ0) is 12.1. The zero-order valence-electron chi connectivity index (χ0n) is 10.7. The molecule has 0 fully saturated rings. The Balaban J connectivity index is 1.90. The highest BCUT2D eigenvalue weighted by atomic mass is 32.2. The summed E-state index contributed by atoms with van der Waals surface area (Å²) >= 11 is 1.91. The van der Waals surface area contributed by atoms with E-state index in [1.54, 1.807) is 0 Å². The highest BCUT2D eigenvalue weighted by Crippen LogP contribution is 2.26. The van der Waals surface area contributed by atoms with Crippen LogP contribution in [0.3, 0.4) is 0 Å². The fraction of sp³-hybridized carbons (Fsp3) is 0.571. The first-order chi connectivity index (χ1) is 8.33. The van der Waals surface area contributed by atoms with Crippen LogP contribution in [0.1, 0.15) is 17.5 Å². The van der Waals surface area contributed by atoms with Gasteiger partial charge in [-0.15, -0.1) is 0 Å². The minimum Gasteiger partial charge on any atom is -0.493 e. The number of hydrogen-bond donors (Lipinski definition) is 1. The standard InChI is InChI=1S/C14H21NOS/c1-15-13(10-17-2)5-3-11-4-6-14-12(9-11)7-8-16-14/h4,6,9,13,15H,3,5,7-8,10H2,1-2H3. The fourth-order valence-corrected chi connectivity index (χ4v) is 2.98. The molecule has 1 aliphatic heterocycles. The van der Waals surface area contributed by atoms with E-state index < -0.39 is 0 Å². The minimum atomic E-state index is 0.620. The van der Waals surface area contributed by atoms with Crippen LogP contribution in [0.2, 0.25) is 0 Å². The Morgan fingerprint density at radius 2 is 2.35 bits per heavy atom. The summed E-state index contributed by atoms with van der Waals surface area (Å²) < 4.78 is 5.52. The molecule has 17 heavy (non-hydrogen) atoms. The van der Waals surface area contributed by atoms with E-state index in [9.17, 15) is 0 Å². The first-order valence-electron chi connectivity index (χ1n) is 6.24. The van der Waals surface area contributed by atoms with Gasteiger partial charge in [0.2, 0.25) is 0 Å². The number of ether oxygens (including phenoxy) is 1. The van der Waals surface area contributed by atoms with Crippen LogP contribution < -0.4 is 10.1 Å². The Labute approximate surface area is 108 Å². The van der Waals surface area contributed by atoms with Gasteiger partial charge >= 0.3 is 0 Å². The van der Waals surface area contributed by atoms with Crippen molar-refractivity contribution < 1.29 is 4.74 Å². The molecule has 1 atom stereocenters. The van der Waals surface area contributed by atoms with Crippen LogP contribution in [0, 0.1) is 0 Å². The predicted molar refractivity (Wildman–Crippen MR) is 75.2 cm³/mol. The smallest absolute Gasteiger partial charge is 0.122 e. The number of benzene rings is 1. The Bertz CT molecular complexity index is 367. The highest BCUT2D eigenvalue weighted by Gasteiger charge is 2.12. The second-order valence-electron chi connectivity index (χ2n) is 4.52. The summed E-state index contributed by atoms with van der Waals surface area (Å²) in [5.41, 5.74) is 2.82. The molecule has 1 unspecified atom stereocenters.